The molecule has 130 valence electrons. The van der Waals surface area contributed by atoms with Gasteiger partial charge in [0.05, 0.1) is 0 Å². The molecule has 1 aliphatic rings. The van der Waals surface area contributed by atoms with E-state index in [4.69, 9.17) is 9.52 Å². The van der Waals surface area contributed by atoms with Crippen molar-refractivity contribution in [2.75, 3.05) is 0 Å². The normalized spacial score (nSPS) is 17.9. The average molecular weight is 336 g/mol. The molecule has 3 nitrogen and oxygen atoms in total. The van der Waals surface area contributed by atoms with Gasteiger partial charge in [0.25, 0.3) is 0 Å². The van der Waals surface area contributed by atoms with E-state index < -0.39 is 5.97 Å². The number of carbonyl (C=O) groups is 1. The SMILES string of the molecule is CC1=C(C=Cc2cccc3oc(/C=C/C(=O)O)cc23)C(C)(C)CCC1. The molecule has 0 radical (unpaired) electrons. The molecule has 1 N–H and O–H groups in total. The molecule has 0 unspecified atom stereocenters. The summed E-state index contributed by atoms with van der Waals surface area (Å²) in [5, 5.41) is 9.76. The Bertz CT molecular complexity index is 891. The first-order valence-electron chi connectivity index (χ1n) is 8.69. The van der Waals surface area contributed by atoms with E-state index in [1.54, 1.807) is 0 Å². The van der Waals surface area contributed by atoms with Gasteiger partial charge in [-0.15, -0.1) is 0 Å². The van der Waals surface area contributed by atoms with Gasteiger partial charge in [0.2, 0.25) is 0 Å². The number of fused-ring (bicyclic) bond motifs is 1. The second-order valence-corrected chi connectivity index (χ2v) is 7.34. The molecule has 2 aromatic rings. The number of hydrogen-bond donors (Lipinski definition) is 1. The Balaban J connectivity index is 1.97. The predicted octanol–water partition coefficient (Wildman–Crippen LogP) is 6.07. The number of benzene rings is 1. The third-order valence-corrected chi connectivity index (χ3v) is 4.98. The van der Waals surface area contributed by atoms with Crippen LogP contribution >= 0.6 is 0 Å². The van der Waals surface area contributed by atoms with Gasteiger partial charge in [0, 0.05) is 11.5 Å². The quantitative estimate of drug-likeness (QED) is 0.689. The molecule has 3 heteroatoms. The minimum absolute atomic E-state index is 0.207. The molecular weight excluding hydrogens is 312 g/mol. The van der Waals surface area contributed by atoms with Crippen LogP contribution in [0.15, 0.2) is 52.0 Å². The number of rotatable bonds is 4. The Hall–Kier alpha value is -2.55. The first kappa shape index (κ1) is 17.3. The van der Waals surface area contributed by atoms with Crippen LogP contribution in [0.25, 0.3) is 23.1 Å². The first-order chi connectivity index (χ1) is 11.9. The van der Waals surface area contributed by atoms with Gasteiger partial charge in [-0.3, -0.25) is 0 Å². The van der Waals surface area contributed by atoms with Gasteiger partial charge in [0.1, 0.15) is 11.3 Å². The van der Waals surface area contributed by atoms with Crippen LogP contribution in [0.5, 0.6) is 0 Å². The summed E-state index contributed by atoms with van der Waals surface area (Å²) >= 11 is 0. The highest BCUT2D eigenvalue weighted by Crippen LogP contribution is 2.41. The van der Waals surface area contributed by atoms with Crippen LogP contribution in [-0.2, 0) is 4.79 Å². The fourth-order valence-corrected chi connectivity index (χ4v) is 3.67. The second kappa shape index (κ2) is 6.75. The summed E-state index contributed by atoms with van der Waals surface area (Å²) in [7, 11) is 0. The molecule has 0 amide bonds. The Morgan fingerprint density at radius 1 is 1.24 bits per heavy atom. The lowest BCUT2D eigenvalue weighted by Crippen LogP contribution is -2.18. The number of hydrogen-bond acceptors (Lipinski definition) is 2. The molecule has 0 aliphatic heterocycles. The summed E-state index contributed by atoms with van der Waals surface area (Å²) in [5.41, 5.74) is 4.94. The lowest BCUT2D eigenvalue weighted by Gasteiger charge is -2.32. The smallest absolute Gasteiger partial charge is 0.328 e. The third kappa shape index (κ3) is 3.76. The van der Waals surface area contributed by atoms with Crippen molar-refractivity contribution < 1.29 is 14.3 Å². The molecule has 1 aromatic heterocycles. The molecule has 0 spiro atoms. The highest BCUT2D eigenvalue weighted by Gasteiger charge is 2.26. The highest BCUT2D eigenvalue weighted by atomic mass is 16.4. The van der Waals surface area contributed by atoms with Crippen molar-refractivity contribution in [1.29, 1.82) is 0 Å². The standard InChI is InChI=1S/C22H24O3/c1-15-6-5-13-22(2,3)19(15)11-9-16-7-4-8-20-18(16)14-17(25-20)10-12-21(23)24/h4,7-12,14H,5-6,13H2,1-3H3,(H,23,24)/b11-9?,12-10+. The molecule has 3 rings (SSSR count). The first-order valence-corrected chi connectivity index (χ1v) is 8.69. The van der Waals surface area contributed by atoms with Crippen molar-refractivity contribution in [3.63, 3.8) is 0 Å². The van der Waals surface area contributed by atoms with Crippen molar-refractivity contribution in [3.05, 3.63) is 58.9 Å². The van der Waals surface area contributed by atoms with Crippen LogP contribution < -0.4 is 0 Å². The number of carboxylic acids is 1. The molecule has 1 aliphatic carbocycles. The number of aliphatic carboxylic acids is 1. The van der Waals surface area contributed by atoms with E-state index in [1.807, 2.05) is 18.2 Å². The van der Waals surface area contributed by atoms with Crippen molar-refractivity contribution >= 4 is 29.1 Å². The summed E-state index contributed by atoms with van der Waals surface area (Å²) in [5.74, 6) is -0.436. The highest BCUT2D eigenvalue weighted by molar-refractivity contribution is 5.90. The van der Waals surface area contributed by atoms with Crippen LogP contribution in [0, 0.1) is 5.41 Å². The van der Waals surface area contributed by atoms with Gasteiger partial charge in [-0.25, -0.2) is 4.79 Å². The van der Waals surface area contributed by atoms with E-state index in [-0.39, 0.29) is 5.41 Å². The van der Waals surface area contributed by atoms with Crippen LogP contribution in [0.4, 0.5) is 0 Å². The van der Waals surface area contributed by atoms with Crippen molar-refractivity contribution in [2.45, 2.75) is 40.0 Å². The van der Waals surface area contributed by atoms with Gasteiger partial charge < -0.3 is 9.52 Å². The van der Waals surface area contributed by atoms with E-state index in [2.05, 4.69) is 39.0 Å². The average Bonchev–Trinajstić information content (AvgIpc) is 2.95. The largest absolute Gasteiger partial charge is 0.478 e. The van der Waals surface area contributed by atoms with E-state index >= 15 is 0 Å². The maximum atomic E-state index is 10.7. The summed E-state index contributed by atoms with van der Waals surface area (Å²) < 4.78 is 5.72. The molecule has 0 saturated heterocycles. The van der Waals surface area contributed by atoms with Gasteiger partial charge in [-0.2, -0.15) is 0 Å². The third-order valence-electron chi connectivity index (χ3n) is 4.98. The van der Waals surface area contributed by atoms with Gasteiger partial charge in [-0.05, 0) is 60.9 Å². The molecular formula is C22H24O3. The van der Waals surface area contributed by atoms with Crippen molar-refractivity contribution in [1.82, 2.24) is 0 Å². The van der Waals surface area contributed by atoms with Crippen LogP contribution in [0.2, 0.25) is 0 Å². The fraction of sp³-hybridized carbons (Fsp3) is 0.318. The zero-order chi connectivity index (χ0) is 18.0. The molecule has 0 bridgehead atoms. The summed E-state index contributed by atoms with van der Waals surface area (Å²) in [4.78, 5) is 10.7. The maximum Gasteiger partial charge on any atom is 0.328 e. The molecule has 25 heavy (non-hydrogen) atoms. The molecule has 1 heterocycles. The van der Waals surface area contributed by atoms with Gasteiger partial charge in [-0.1, -0.05) is 43.7 Å². The lowest BCUT2D eigenvalue weighted by atomic mass is 9.72. The second-order valence-electron chi connectivity index (χ2n) is 7.34. The Morgan fingerprint density at radius 3 is 2.76 bits per heavy atom. The van der Waals surface area contributed by atoms with Crippen LogP contribution in [-0.4, -0.2) is 11.1 Å². The Kier molecular flexibility index (Phi) is 4.67. The summed E-state index contributed by atoms with van der Waals surface area (Å²) in [6.45, 7) is 6.85. The van der Waals surface area contributed by atoms with Crippen LogP contribution in [0.3, 0.4) is 0 Å². The summed E-state index contributed by atoms with van der Waals surface area (Å²) in [6, 6.07) is 7.82. The van der Waals surface area contributed by atoms with E-state index in [0.717, 1.165) is 22.6 Å². The molecule has 0 atom stereocenters. The Labute approximate surface area is 148 Å². The number of allylic oxidation sites excluding steroid dienone is 3. The molecule has 0 fully saturated rings. The summed E-state index contributed by atoms with van der Waals surface area (Å²) in [6.07, 6.45) is 10.6. The number of furan rings is 1. The zero-order valence-electron chi connectivity index (χ0n) is 15.0. The van der Waals surface area contributed by atoms with Crippen molar-refractivity contribution in [3.8, 4) is 0 Å². The molecule has 1 aromatic carbocycles. The van der Waals surface area contributed by atoms with Crippen LogP contribution in [0.1, 0.15) is 51.4 Å². The number of carboxylic acid groups (broad SMARTS) is 1. The minimum Gasteiger partial charge on any atom is -0.478 e. The fourth-order valence-electron chi connectivity index (χ4n) is 3.67. The van der Waals surface area contributed by atoms with Gasteiger partial charge >= 0.3 is 5.97 Å². The topological polar surface area (TPSA) is 50.4 Å². The monoisotopic (exact) mass is 336 g/mol. The van der Waals surface area contributed by atoms with E-state index in [1.165, 1.54) is 36.5 Å². The predicted molar refractivity (Wildman–Crippen MR) is 102 cm³/mol. The van der Waals surface area contributed by atoms with E-state index in [9.17, 15) is 4.79 Å². The zero-order valence-corrected chi connectivity index (χ0v) is 15.0. The van der Waals surface area contributed by atoms with Crippen molar-refractivity contribution in [2.24, 2.45) is 5.41 Å². The lowest BCUT2D eigenvalue weighted by molar-refractivity contribution is -0.131. The van der Waals surface area contributed by atoms with Gasteiger partial charge in [0.15, 0.2) is 0 Å². The Morgan fingerprint density at radius 2 is 2.04 bits per heavy atom. The van der Waals surface area contributed by atoms with E-state index in [0.29, 0.717) is 5.76 Å². The maximum absolute atomic E-state index is 10.7. The molecule has 0 saturated carbocycles. The minimum atomic E-state index is -0.984.